The van der Waals surface area contributed by atoms with Gasteiger partial charge >= 0.3 is 5.97 Å². The van der Waals surface area contributed by atoms with Crippen molar-refractivity contribution in [1.29, 1.82) is 0 Å². The van der Waals surface area contributed by atoms with Crippen molar-refractivity contribution in [2.24, 2.45) is 0 Å². The second-order valence-electron chi connectivity index (χ2n) is 4.20. The maximum absolute atomic E-state index is 11.9. The Morgan fingerprint density at radius 1 is 1.35 bits per heavy atom. The first-order chi connectivity index (χ1) is 9.35. The largest absolute Gasteiger partial charge is 0.480 e. The van der Waals surface area contributed by atoms with Crippen molar-refractivity contribution in [3.63, 3.8) is 0 Å². The van der Waals surface area contributed by atoms with Crippen molar-refractivity contribution in [2.75, 3.05) is 11.1 Å². The summed E-state index contributed by atoms with van der Waals surface area (Å²) in [5, 5.41) is 11.2. The second kappa shape index (κ2) is 8.05. The number of carboxylic acids is 1. The Kier molecular flexibility index (Phi) is 7.05. The number of amides is 1. The van der Waals surface area contributed by atoms with Crippen LogP contribution in [0.1, 0.15) is 18.9 Å². The van der Waals surface area contributed by atoms with E-state index in [-0.39, 0.29) is 11.7 Å². The van der Waals surface area contributed by atoms with Gasteiger partial charge in [0.2, 0.25) is 5.91 Å². The van der Waals surface area contributed by atoms with E-state index < -0.39 is 11.2 Å². The molecule has 0 heterocycles. The molecule has 20 heavy (non-hydrogen) atoms. The van der Waals surface area contributed by atoms with E-state index in [9.17, 15) is 9.59 Å². The van der Waals surface area contributed by atoms with Gasteiger partial charge in [-0.25, -0.2) is 0 Å². The number of halogens is 2. The summed E-state index contributed by atoms with van der Waals surface area (Å²) < 4.78 is 1.57. The Morgan fingerprint density at radius 2 is 1.90 bits per heavy atom. The zero-order valence-electron chi connectivity index (χ0n) is 11.1. The number of carbonyl (C=O) groups excluding carboxylic acids is 1. The van der Waals surface area contributed by atoms with Crippen LogP contribution in [0.5, 0.6) is 0 Å². The van der Waals surface area contributed by atoms with E-state index in [0.29, 0.717) is 12.1 Å². The van der Waals surface area contributed by atoms with Crippen LogP contribution >= 0.6 is 43.6 Å². The third kappa shape index (κ3) is 5.10. The number of rotatable bonds is 6. The van der Waals surface area contributed by atoms with Crippen LogP contribution in [0.15, 0.2) is 21.1 Å². The molecule has 7 heteroatoms. The Bertz CT molecular complexity index is 499. The number of nitrogens with one attached hydrogen (secondary N) is 1. The molecular weight excluding hydrogens is 410 g/mol. The highest BCUT2D eigenvalue weighted by Crippen LogP contribution is 2.32. The molecule has 0 saturated heterocycles. The van der Waals surface area contributed by atoms with Crippen LogP contribution in [0.3, 0.4) is 0 Å². The first-order valence-electron chi connectivity index (χ1n) is 5.95. The lowest BCUT2D eigenvalue weighted by atomic mass is 10.2. The molecule has 1 unspecified atom stereocenters. The van der Waals surface area contributed by atoms with Gasteiger partial charge in [-0.3, -0.25) is 9.59 Å². The molecule has 0 saturated carbocycles. The van der Waals surface area contributed by atoms with Crippen LogP contribution in [0, 0.1) is 6.92 Å². The van der Waals surface area contributed by atoms with Crippen LogP contribution in [0.2, 0.25) is 0 Å². The average molecular weight is 425 g/mol. The smallest absolute Gasteiger partial charge is 0.316 e. The van der Waals surface area contributed by atoms with Crippen molar-refractivity contribution >= 4 is 61.2 Å². The maximum atomic E-state index is 11.9. The summed E-state index contributed by atoms with van der Waals surface area (Å²) in [5.74, 6) is -1.000. The van der Waals surface area contributed by atoms with Gasteiger partial charge in [-0.15, -0.1) is 11.8 Å². The Morgan fingerprint density at radius 3 is 2.35 bits per heavy atom. The van der Waals surface area contributed by atoms with Crippen LogP contribution < -0.4 is 5.32 Å². The molecule has 0 bridgehead atoms. The van der Waals surface area contributed by atoms with Crippen LogP contribution in [0.4, 0.5) is 5.69 Å². The van der Waals surface area contributed by atoms with Crippen molar-refractivity contribution < 1.29 is 14.7 Å². The highest BCUT2D eigenvalue weighted by Gasteiger charge is 2.18. The highest BCUT2D eigenvalue weighted by atomic mass is 79.9. The molecular formula is C13H15Br2NO3S. The van der Waals surface area contributed by atoms with E-state index in [4.69, 9.17) is 5.11 Å². The van der Waals surface area contributed by atoms with Gasteiger partial charge in [0, 0.05) is 8.95 Å². The first-order valence-corrected chi connectivity index (χ1v) is 8.58. The summed E-state index contributed by atoms with van der Waals surface area (Å²) >= 11 is 7.93. The number of benzene rings is 1. The van der Waals surface area contributed by atoms with E-state index in [2.05, 4.69) is 37.2 Å². The minimum absolute atomic E-state index is 0.109. The summed E-state index contributed by atoms with van der Waals surface area (Å²) in [6.07, 6.45) is 0.491. The lowest BCUT2D eigenvalue weighted by Gasteiger charge is -2.12. The number of carboxylic acid groups (broad SMARTS) is 1. The number of thioether (sulfide) groups is 1. The minimum atomic E-state index is -0.886. The van der Waals surface area contributed by atoms with Gasteiger partial charge in [0.05, 0.1) is 11.4 Å². The van der Waals surface area contributed by atoms with E-state index in [0.717, 1.165) is 26.3 Å². The lowest BCUT2D eigenvalue weighted by molar-refractivity contribution is -0.136. The maximum Gasteiger partial charge on any atom is 0.316 e. The molecule has 110 valence electrons. The monoisotopic (exact) mass is 423 g/mol. The summed E-state index contributed by atoms with van der Waals surface area (Å²) in [7, 11) is 0. The van der Waals surface area contributed by atoms with Gasteiger partial charge < -0.3 is 10.4 Å². The molecule has 1 rings (SSSR count). The Labute approximate surface area is 139 Å². The van der Waals surface area contributed by atoms with Crippen molar-refractivity contribution in [2.45, 2.75) is 25.5 Å². The Hall–Kier alpha value is -0.530. The van der Waals surface area contributed by atoms with E-state index >= 15 is 0 Å². The number of carbonyl (C=O) groups is 2. The standard InChI is InChI=1S/C13H15Br2NO3S/c1-3-10(13(18)19)20-6-11(17)16-12-8(14)4-7(2)5-9(12)15/h4-5,10H,3,6H2,1-2H3,(H,16,17)(H,18,19). The molecule has 0 aromatic heterocycles. The molecule has 4 nitrogen and oxygen atoms in total. The molecule has 0 aliphatic heterocycles. The SMILES string of the molecule is CCC(SCC(=O)Nc1c(Br)cc(C)cc1Br)C(=O)O. The molecule has 1 atom stereocenters. The molecule has 0 fully saturated rings. The van der Waals surface area contributed by atoms with Gasteiger partial charge in [0.25, 0.3) is 0 Å². The zero-order chi connectivity index (χ0) is 15.3. The number of aliphatic carboxylic acids is 1. The predicted octanol–water partition coefficient (Wildman–Crippen LogP) is 4.05. The highest BCUT2D eigenvalue weighted by molar-refractivity contribution is 9.11. The van der Waals surface area contributed by atoms with E-state index in [1.54, 1.807) is 6.92 Å². The van der Waals surface area contributed by atoms with Gasteiger partial charge in [-0.1, -0.05) is 6.92 Å². The molecule has 0 aliphatic carbocycles. The first kappa shape index (κ1) is 17.5. The molecule has 0 radical (unpaired) electrons. The van der Waals surface area contributed by atoms with Crippen molar-refractivity contribution in [1.82, 2.24) is 0 Å². The van der Waals surface area contributed by atoms with Gasteiger partial charge in [-0.2, -0.15) is 0 Å². The third-order valence-corrected chi connectivity index (χ3v) is 5.13. The van der Waals surface area contributed by atoms with Crippen molar-refractivity contribution in [3.05, 3.63) is 26.6 Å². The molecule has 1 amide bonds. The van der Waals surface area contributed by atoms with Gasteiger partial charge in [-0.05, 0) is 62.9 Å². The van der Waals surface area contributed by atoms with Gasteiger partial charge in [0.1, 0.15) is 5.25 Å². The number of anilines is 1. The predicted molar refractivity (Wildman–Crippen MR) is 89.4 cm³/mol. The van der Waals surface area contributed by atoms with Crippen LogP contribution in [0.25, 0.3) is 0 Å². The molecule has 0 aliphatic rings. The number of hydrogen-bond acceptors (Lipinski definition) is 3. The Balaban J connectivity index is 2.66. The topological polar surface area (TPSA) is 66.4 Å². The van der Waals surface area contributed by atoms with E-state index in [1.807, 2.05) is 19.1 Å². The van der Waals surface area contributed by atoms with Crippen molar-refractivity contribution in [3.8, 4) is 0 Å². The summed E-state index contributed by atoms with van der Waals surface area (Å²) in [6.45, 7) is 3.74. The fraction of sp³-hybridized carbons (Fsp3) is 0.385. The molecule has 1 aromatic rings. The molecule has 1 aromatic carbocycles. The molecule has 2 N–H and O–H groups in total. The second-order valence-corrected chi connectivity index (χ2v) is 7.10. The number of aryl methyl sites for hydroxylation is 1. The average Bonchev–Trinajstić information content (AvgIpc) is 2.34. The fourth-order valence-electron chi connectivity index (χ4n) is 1.53. The van der Waals surface area contributed by atoms with E-state index in [1.165, 1.54) is 0 Å². The fourth-order valence-corrected chi connectivity index (χ4v) is 3.95. The summed E-state index contributed by atoms with van der Waals surface area (Å²) in [6, 6.07) is 3.80. The van der Waals surface area contributed by atoms with Gasteiger partial charge in [0.15, 0.2) is 0 Å². The summed E-state index contributed by atoms with van der Waals surface area (Å²) in [5.41, 5.74) is 1.72. The minimum Gasteiger partial charge on any atom is -0.480 e. The number of hydrogen-bond donors (Lipinski definition) is 2. The summed E-state index contributed by atoms with van der Waals surface area (Å²) in [4.78, 5) is 22.8. The quantitative estimate of drug-likeness (QED) is 0.722. The van der Waals surface area contributed by atoms with Crippen LogP contribution in [-0.4, -0.2) is 28.0 Å². The normalized spacial score (nSPS) is 12.0. The molecule has 0 spiro atoms. The third-order valence-electron chi connectivity index (χ3n) is 2.51. The lowest BCUT2D eigenvalue weighted by Crippen LogP contribution is -2.21. The van der Waals surface area contributed by atoms with Crippen LogP contribution in [-0.2, 0) is 9.59 Å². The zero-order valence-corrected chi connectivity index (χ0v) is 15.1.